The number of guanidine groups is 1. The largest absolute Gasteiger partial charge is 0.496 e. The Bertz CT molecular complexity index is 870. The van der Waals surface area contributed by atoms with Crippen molar-refractivity contribution in [1.29, 1.82) is 0 Å². The van der Waals surface area contributed by atoms with Crippen molar-refractivity contribution in [2.24, 2.45) is 4.99 Å². The van der Waals surface area contributed by atoms with E-state index in [2.05, 4.69) is 15.6 Å². The van der Waals surface area contributed by atoms with Crippen molar-refractivity contribution in [2.75, 3.05) is 34.9 Å². The topological polar surface area (TPSA) is 90.4 Å². The Morgan fingerprint density at radius 2 is 1.70 bits per heavy atom. The lowest BCUT2D eigenvalue weighted by Crippen LogP contribution is -2.41. The molecule has 2 rings (SSSR count). The monoisotopic (exact) mass is 415 g/mol. The molecule has 2 aromatic carbocycles. The van der Waals surface area contributed by atoms with E-state index in [0.29, 0.717) is 41.9 Å². The van der Waals surface area contributed by atoms with Gasteiger partial charge in [0, 0.05) is 13.6 Å². The number of nitrogens with one attached hydrogen (secondary N) is 2. The summed E-state index contributed by atoms with van der Waals surface area (Å²) in [6.45, 7) is 2.96. The zero-order valence-electron chi connectivity index (χ0n) is 18.0. The van der Waals surface area contributed by atoms with Gasteiger partial charge in [-0.3, -0.25) is 4.99 Å². The molecule has 1 unspecified atom stereocenters. The van der Waals surface area contributed by atoms with Crippen molar-refractivity contribution in [2.45, 2.75) is 19.6 Å². The SMILES string of the molecule is CN=C(NCc1ccc(OC)c(C(=O)OC)c1)NCC(C)Oc1ccccc1OC. The molecule has 2 aromatic rings. The van der Waals surface area contributed by atoms with E-state index in [-0.39, 0.29) is 6.10 Å². The highest BCUT2D eigenvalue weighted by atomic mass is 16.5. The normalized spacial score (nSPS) is 12.0. The molecule has 0 aliphatic carbocycles. The first kappa shape index (κ1) is 22.9. The summed E-state index contributed by atoms with van der Waals surface area (Å²) in [7, 11) is 6.16. The Kier molecular flexibility index (Phi) is 8.80. The number of nitrogens with zero attached hydrogens (tertiary/aromatic N) is 1. The van der Waals surface area contributed by atoms with Gasteiger partial charge in [-0.05, 0) is 36.8 Å². The second-order valence-electron chi connectivity index (χ2n) is 6.41. The first-order chi connectivity index (χ1) is 14.5. The lowest BCUT2D eigenvalue weighted by Gasteiger charge is -2.19. The highest BCUT2D eigenvalue weighted by Crippen LogP contribution is 2.26. The number of hydrogen-bond donors (Lipinski definition) is 2. The van der Waals surface area contributed by atoms with Crippen molar-refractivity contribution < 1.29 is 23.7 Å². The maximum Gasteiger partial charge on any atom is 0.341 e. The van der Waals surface area contributed by atoms with Gasteiger partial charge in [0.05, 0.1) is 27.9 Å². The average Bonchev–Trinajstić information content (AvgIpc) is 2.78. The summed E-state index contributed by atoms with van der Waals surface area (Å²) in [4.78, 5) is 16.2. The van der Waals surface area contributed by atoms with Gasteiger partial charge in [0.2, 0.25) is 0 Å². The number of methoxy groups -OCH3 is 3. The fraction of sp³-hybridized carbons (Fsp3) is 0.364. The summed E-state index contributed by atoms with van der Waals surface area (Å²) in [5, 5.41) is 6.44. The maximum atomic E-state index is 11.9. The summed E-state index contributed by atoms with van der Waals surface area (Å²) >= 11 is 0. The van der Waals surface area contributed by atoms with Crippen molar-refractivity contribution >= 4 is 11.9 Å². The van der Waals surface area contributed by atoms with Gasteiger partial charge in [0.15, 0.2) is 17.5 Å². The third kappa shape index (κ3) is 6.30. The molecular formula is C22H29N3O5. The molecule has 8 heteroatoms. The van der Waals surface area contributed by atoms with Crippen LogP contribution in [0.5, 0.6) is 17.2 Å². The van der Waals surface area contributed by atoms with Gasteiger partial charge in [-0.1, -0.05) is 18.2 Å². The molecule has 0 spiro atoms. The highest BCUT2D eigenvalue weighted by molar-refractivity contribution is 5.92. The second kappa shape index (κ2) is 11.5. The fourth-order valence-corrected chi connectivity index (χ4v) is 2.76. The molecular weight excluding hydrogens is 386 g/mol. The number of carbonyl (C=O) groups excluding carboxylic acids is 1. The Morgan fingerprint density at radius 3 is 2.33 bits per heavy atom. The van der Waals surface area contributed by atoms with E-state index in [4.69, 9.17) is 18.9 Å². The molecule has 0 bridgehead atoms. The van der Waals surface area contributed by atoms with Gasteiger partial charge in [0.25, 0.3) is 0 Å². The van der Waals surface area contributed by atoms with E-state index in [1.807, 2.05) is 37.3 Å². The van der Waals surface area contributed by atoms with E-state index in [1.54, 1.807) is 26.3 Å². The predicted octanol–water partition coefficient (Wildman–Crippen LogP) is 2.62. The summed E-state index contributed by atoms with van der Waals surface area (Å²) in [5.74, 6) is 2.01. The number of aliphatic imine (C=N–C) groups is 1. The summed E-state index contributed by atoms with van der Waals surface area (Å²) < 4.78 is 21.3. The van der Waals surface area contributed by atoms with Crippen LogP contribution in [-0.2, 0) is 11.3 Å². The minimum atomic E-state index is -0.446. The lowest BCUT2D eigenvalue weighted by molar-refractivity contribution is 0.0597. The Labute approximate surface area is 177 Å². The third-order valence-corrected chi connectivity index (χ3v) is 4.31. The van der Waals surface area contributed by atoms with Gasteiger partial charge in [0.1, 0.15) is 17.4 Å². The van der Waals surface area contributed by atoms with Crippen LogP contribution < -0.4 is 24.8 Å². The second-order valence-corrected chi connectivity index (χ2v) is 6.41. The van der Waals surface area contributed by atoms with E-state index in [0.717, 1.165) is 5.56 Å². The van der Waals surface area contributed by atoms with Crippen molar-refractivity contribution in [3.8, 4) is 17.2 Å². The molecule has 0 heterocycles. The third-order valence-electron chi connectivity index (χ3n) is 4.31. The lowest BCUT2D eigenvalue weighted by atomic mass is 10.1. The molecule has 1 atom stereocenters. The van der Waals surface area contributed by atoms with E-state index < -0.39 is 5.97 Å². The quantitative estimate of drug-likeness (QED) is 0.370. The number of rotatable bonds is 9. The Balaban J connectivity index is 1.91. The first-order valence-electron chi connectivity index (χ1n) is 9.51. The Morgan fingerprint density at radius 1 is 1.00 bits per heavy atom. The van der Waals surface area contributed by atoms with Crippen LogP contribution in [0.25, 0.3) is 0 Å². The zero-order chi connectivity index (χ0) is 21.9. The van der Waals surface area contributed by atoms with Gasteiger partial charge >= 0.3 is 5.97 Å². The molecule has 0 radical (unpaired) electrons. The molecule has 0 aromatic heterocycles. The molecule has 0 aliphatic rings. The fourth-order valence-electron chi connectivity index (χ4n) is 2.76. The van der Waals surface area contributed by atoms with Crippen LogP contribution in [-0.4, -0.2) is 53.0 Å². The summed E-state index contributed by atoms with van der Waals surface area (Å²) in [6, 6.07) is 12.9. The molecule has 8 nitrogen and oxygen atoms in total. The van der Waals surface area contributed by atoms with Gasteiger partial charge < -0.3 is 29.6 Å². The maximum absolute atomic E-state index is 11.9. The number of esters is 1. The number of hydrogen-bond acceptors (Lipinski definition) is 6. The molecule has 2 N–H and O–H groups in total. The van der Waals surface area contributed by atoms with Gasteiger partial charge in [-0.15, -0.1) is 0 Å². The molecule has 162 valence electrons. The van der Waals surface area contributed by atoms with Crippen LogP contribution in [0.4, 0.5) is 0 Å². The van der Waals surface area contributed by atoms with Crippen LogP contribution >= 0.6 is 0 Å². The van der Waals surface area contributed by atoms with Crippen molar-refractivity contribution in [1.82, 2.24) is 10.6 Å². The molecule has 0 saturated heterocycles. The molecule has 0 saturated carbocycles. The van der Waals surface area contributed by atoms with E-state index in [1.165, 1.54) is 14.2 Å². The summed E-state index contributed by atoms with van der Waals surface area (Å²) in [6.07, 6.45) is -0.119. The average molecular weight is 415 g/mol. The van der Waals surface area contributed by atoms with Crippen LogP contribution in [0.1, 0.15) is 22.8 Å². The van der Waals surface area contributed by atoms with Crippen LogP contribution in [0, 0.1) is 0 Å². The highest BCUT2D eigenvalue weighted by Gasteiger charge is 2.14. The van der Waals surface area contributed by atoms with Gasteiger partial charge in [-0.25, -0.2) is 4.79 Å². The van der Waals surface area contributed by atoms with Crippen LogP contribution in [0.3, 0.4) is 0 Å². The zero-order valence-corrected chi connectivity index (χ0v) is 18.0. The number of ether oxygens (including phenoxy) is 4. The van der Waals surface area contributed by atoms with Crippen LogP contribution in [0.2, 0.25) is 0 Å². The van der Waals surface area contributed by atoms with Crippen LogP contribution in [0.15, 0.2) is 47.5 Å². The van der Waals surface area contributed by atoms with E-state index >= 15 is 0 Å². The predicted molar refractivity (Wildman–Crippen MR) is 116 cm³/mol. The van der Waals surface area contributed by atoms with Crippen molar-refractivity contribution in [3.05, 3.63) is 53.6 Å². The van der Waals surface area contributed by atoms with Gasteiger partial charge in [-0.2, -0.15) is 0 Å². The smallest absolute Gasteiger partial charge is 0.341 e. The molecule has 0 amide bonds. The minimum absolute atomic E-state index is 0.119. The summed E-state index contributed by atoms with van der Waals surface area (Å²) in [5.41, 5.74) is 1.26. The van der Waals surface area contributed by atoms with Crippen molar-refractivity contribution in [3.63, 3.8) is 0 Å². The first-order valence-corrected chi connectivity index (χ1v) is 9.51. The van der Waals surface area contributed by atoms with E-state index in [9.17, 15) is 4.79 Å². The number of para-hydroxylation sites is 2. The minimum Gasteiger partial charge on any atom is -0.496 e. The standard InChI is InChI=1S/C22H29N3O5/c1-15(30-20-9-7-6-8-19(20)28-4)13-24-22(23-2)25-14-16-10-11-18(27-3)17(12-16)21(26)29-5/h6-12,15H,13-14H2,1-5H3,(H2,23,24,25). The number of carbonyl (C=O) groups is 1. The molecule has 0 aliphatic heterocycles. The Hall–Kier alpha value is -3.42. The number of benzene rings is 2. The molecule has 0 fully saturated rings. The molecule has 30 heavy (non-hydrogen) atoms.